The van der Waals surface area contributed by atoms with Gasteiger partial charge in [0.05, 0.1) is 27.4 Å². The summed E-state index contributed by atoms with van der Waals surface area (Å²) in [6, 6.07) is -13.9. The maximum atomic E-state index is 9.63. The number of benzene rings is 8. The van der Waals surface area contributed by atoms with Gasteiger partial charge in [-0.05, 0) is 83.3 Å². The Labute approximate surface area is 241 Å². The number of hydrogen-bond donors (Lipinski definition) is 0. The normalized spacial score (nSPS) is 20.1. The first kappa shape index (κ1) is 8.61. The molecule has 0 fully saturated rings. The zero-order valence-electron chi connectivity index (χ0n) is 38.4. The maximum Gasteiger partial charge on any atom is 0.136 e. The maximum absolute atomic E-state index is 9.63. The van der Waals surface area contributed by atoms with Gasteiger partial charge in [0.25, 0.3) is 0 Å². The minimum absolute atomic E-state index is 0.179. The van der Waals surface area contributed by atoms with Gasteiger partial charge in [-0.15, -0.1) is 0 Å². The lowest BCUT2D eigenvalue weighted by atomic mass is 9.87. The molecule has 0 N–H and O–H groups in total. The molecule has 0 aliphatic carbocycles. The Morgan fingerprint density at radius 1 is 0.405 bits per heavy atom. The predicted molar refractivity (Wildman–Crippen MR) is 156 cm³/mol. The van der Waals surface area contributed by atoms with E-state index in [9.17, 15) is 5.48 Å². The van der Waals surface area contributed by atoms with Gasteiger partial charge in [-0.2, -0.15) is 0 Å². The van der Waals surface area contributed by atoms with E-state index in [-0.39, 0.29) is 59.4 Å². The summed E-state index contributed by atoms with van der Waals surface area (Å²) in [7, 11) is 0. The third kappa shape index (κ3) is 2.53. The summed E-state index contributed by atoms with van der Waals surface area (Å²) in [6.07, 6.45) is 0. The number of rotatable bonds is 1. The first-order chi connectivity index (χ1) is 26.7. The van der Waals surface area contributed by atoms with Gasteiger partial charge >= 0.3 is 0 Å². The second kappa shape index (κ2) is 6.87. The molecule has 0 saturated carbocycles. The van der Waals surface area contributed by atoms with E-state index in [1.54, 1.807) is 0 Å². The molecule has 1 heteroatoms. The second-order valence-corrected chi connectivity index (χ2v) is 8.51. The van der Waals surface area contributed by atoms with Crippen LogP contribution in [0.15, 0.2) is 121 Å². The highest BCUT2D eigenvalue weighted by Crippen LogP contribution is 2.50. The van der Waals surface area contributed by atoms with E-state index in [1.165, 1.54) is 0 Å². The highest BCUT2D eigenvalue weighted by atomic mass is 16.5. The summed E-state index contributed by atoms with van der Waals surface area (Å²) >= 11 is 0. The van der Waals surface area contributed by atoms with E-state index in [1.807, 2.05) is 0 Å². The second-order valence-electron chi connectivity index (χ2n) is 8.51. The van der Waals surface area contributed by atoms with E-state index < -0.39 is 149 Å². The van der Waals surface area contributed by atoms with Gasteiger partial charge in [-0.1, -0.05) is 103 Å². The van der Waals surface area contributed by atoms with Gasteiger partial charge in [-0.25, -0.2) is 0 Å². The van der Waals surface area contributed by atoms with Gasteiger partial charge in [-0.3, -0.25) is 0 Å². The summed E-state index contributed by atoms with van der Waals surface area (Å²) in [5.41, 5.74) is -1.91. The lowest BCUT2D eigenvalue weighted by Crippen LogP contribution is -1.98. The van der Waals surface area contributed by atoms with Crippen molar-refractivity contribution in [3.8, 4) is 33.8 Å². The quantitative estimate of drug-likeness (QED) is 0.209. The molecule has 37 heavy (non-hydrogen) atoms. The third-order valence-corrected chi connectivity index (χ3v) is 6.57. The van der Waals surface area contributed by atoms with Crippen LogP contribution in [0.25, 0.3) is 76.1 Å². The van der Waals surface area contributed by atoms with Crippen molar-refractivity contribution in [1.29, 1.82) is 0 Å². The summed E-state index contributed by atoms with van der Waals surface area (Å²) in [4.78, 5) is 0. The molecule has 1 heterocycles. The molecule has 0 unspecified atom stereocenters. The molecule has 0 saturated heterocycles. The summed E-state index contributed by atoms with van der Waals surface area (Å²) in [5, 5.41) is -3.04. The first-order valence-electron chi connectivity index (χ1n) is 21.2. The third-order valence-electron chi connectivity index (χ3n) is 6.57. The Hall–Kier alpha value is -4.88. The molecule has 0 amide bonds. The van der Waals surface area contributed by atoms with Gasteiger partial charge in [0.1, 0.15) is 11.5 Å². The SMILES string of the molecule is [2H]c1c([2H])c(-c2c([2H])c([2H])c3c([2H])c([2H])c4c([2H])c([2H])c([2H])c5c([2H])c([2H])c2c3c45)c([2H])c2c1Oc1c([2H])c3c([2H])c([2H])c([2H])c([2H])c3c3c([2H])c([2H])c([2H])c-2c13. The van der Waals surface area contributed by atoms with Crippen LogP contribution in [0.2, 0.25) is 0 Å². The van der Waals surface area contributed by atoms with Gasteiger partial charge in [0, 0.05) is 10.9 Å². The summed E-state index contributed by atoms with van der Waals surface area (Å²) in [5.74, 6) is -1.03. The molecule has 9 rings (SSSR count). The van der Waals surface area contributed by atoms with Crippen molar-refractivity contribution in [2.24, 2.45) is 0 Å². The Morgan fingerprint density at radius 3 is 2.05 bits per heavy atom. The van der Waals surface area contributed by atoms with Crippen molar-refractivity contribution in [3.63, 3.8) is 0 Å². The van der Waals surface area contributed by atoms with E-state index in [0.29, 0.717) is 0 Å². The van der Waals surface area contributed by atoms with Crippen LogP contribution < -0.4 is 4.74 Å². The van der Waals surface area contributed by atoms with Gasteiger partial charge < -0.3 is 4.74 Å². The van der Waals surface area contributed by atoms with Gasteiger partial charge in [0.2, 0.25) is 0 Å². The standard InChI is InChI=1S/C36H20O/c1-2-8-26-24(5-1)20-33-36-28(26)9-4-10-29(36)31-19-25(15-18-32(31)37-33)27-16-13-23-12-11-21-6-3-7-22-14-17-30(27)35(23)34(21)22/h1-20H/i1D,2D,3D,4D,5D,6D,7D,8D,9D,10D,11D,12D,13D,14D,15D,16D,17D,18D,19D,20D. The first-order valence-corrected chi connectivity index (χ1v) is 11.2. The number of ether oxygens (including phenoxy) is 1. The smallest absolute Gasteiger partial charge is 0.136 e. The average molecular weight is 489 g/mol. The molecule has 0 bridgehead atoms. The molecule has 1 aliphatic heterocycles. The summed E-state index contributed by atoms with van der Waals surface area (Å²) < 4.78 is 183. The van der Waals surface area contributed by atoms with Crippen LogP contribution in [0.1, 0.15) is 27.4 Å². The molecule has 8 aromatic carbocycles. The van der Waals surface area contributed by atoms with Crippen molar-refractivity contribution < 1.29 is 32.2 Å². The van der Waals surface area contributed by atoms with Crippen molar-refractivity contribution in [2.45, 2.75) is 0 Å². The highest BCUT2D eigenvalue weighted by Gasteiger charge is 2.22. The van der Waals surface area contributed by atoms with Crippen LogP contribution in [0.4, 0.5) is 0 Å². The fraction of sp³-hybridized carbons (Fsp3) is 0. The minimum atomic E-state index is -0.820. The van der Waals surface area contributed by atoms with Crippen molar-refractivity contribution in [3.05, 3.63) is 121 Å². The Balaban J connectivity index is 1.53. The lowest BCUT2D eigenvalue weighted by molar-refractivity contribution is 0.488. The molecule has 0 aromatic heterocycles. The van der Waals surface area contributed by atoms with Crippen LogP contribution >= 0.6 is 0 Å². The van der Waals surface area contributed by atoms with Crippen LogP contribution in [0, 0.1) is 0 Å². The van der Waals surface area contributed by atoms with E-state index in [0.717, 1.165) is 0 Å². The minimum Gasteiger partial charge on any atom is -0.456 e. The molecule has 170 valence electrons. The molecule has 0 spiro atoms. The van der Waals surface area contributed by atoms with Crippen molar-refractivity contribution in [2.75, 3.05) is 0 Å². The molecule has 1 nitrogen and oxygen atoms in total. The Kier molecular flexibility index (Phi) is 1.60. The lowest BCUT2D eigenvalue weighted by Gasteiger charge is -2.23. The van der Waals surface area contributed by atoms with Crippen molar-refractivity contribution >= 4 is 53.9 Å². The summed E-state index contributed by atoms with van der Waals surface area (Å²) in [6.45, 7) is 0. The largest absolute Gasteiger partial charge is 0.456 e. The van der Waals surface area contributed by atoms with Crippen LogP contribution in [-0.2, 0) is 0 Å². The Morgan fingerprint density at radius 2 is 1.14 bits per heavy atom. The van der Waals surface area contributed by atoms with Crippen LogP contribution in [-0.4, -0.2) is 0 Å². The Bertz CT molecular complexity index is 3290. The fourth-order valence-corrected chi connectivity index (χ4v) is 4.98. The number of hydrogen-bond acceptors (Lipinski definition) is 1. The fourth-order valence-electron chi connectivity index (χ4n) is 4.98. The van der Waals surface area contributed by atoms with Crippen LogP contribution in [0.3, 0.4) is 0 Å². The van der Waals surface area contributed by atoms with E-state index >= 15 is 0 Å². The topological polar surface area (TPSA) is 9.23 Å². The zero-order valence-corrected chi connectivity index (χ0v) is 18.4. The molecule has 1 aliphatic rings. The zero-order chi connectivity index (χ0) is 41.5. The molecule has 0 radical (unpaired) electrons. The monoisotopic (exact) mass is 488 g/mol. The molecule has 8 aromatic rings. The highest BCUT2D eigenvalue weighted by molar-refractivity contribution is 6.25. The molecular weight excluding hydrogens is 448 g/mol. The molecular formula is C36H20O. The van der Waals surface area contributed by atoms with Crippen molar-refractivity contribution in [1.82, 2.24) is 0 Å². The van der Waals surface area contributed by atoms with Crippen LogP contribution in [0.5, 0.6) is 11.5 Å². The predicted octanol–water partition coefficient (Wildman–Crippen LogP) is 10.3. The van der Waals surface area contributed by atoms with Gasteiger partial charge in [0.15, 0.2) is 0 Å². The molecule has 0 atom stereocenters. The van der Waals surface area contributed by atoms with E-state index in [4.69, 9.17) is 26.7 Å². The average Bonchev–Trinajstić information content (AvgIpc) is 3.17. The number of fused-ring (bicyclic) bond motifs is 4. The van der Waals surface area contributed by atoms with E-state index in [2.05, 4.69) is 0 Å².